The Balaban J connectivity index is 2.38. The van der Waals surface area contributed by atoms with Crippen molar-refractivity contribution in [2.24, 2.45) is 0 Å². The lowest BCUT2D eigenvalue weighted by Gasteiger charge is -2.35. The minimum atomic E-state index is -3.83. The topological polar surface area (TPSA) is 92.8 Å². The SMILES string of the molecule is CCN(CC)S(=O)(=O)c1cc(C(=O)NC2(C(=O)OC)CCCCC2)ccc1Cl. The van der Waals surface area contributed by atoms with Gasteiger partial charge in [-0.05, 0) is 31.0 Å². The first kappa shape index (κ1) is 22.6. The summed E-state index contributed by atoms with van der Waals surface area (Å²) in [5.74, 6) is -1.01. The van der Waals surface area contributed by atoms with E-state index in [9.17, 15) is 18.0 Å². The molecular formula is C19H27ClN2O5S. The number of hydrogen-bond acceptors (Lipinski definition) is 5. The largest absolute Gasteiger partial charge is 0.467 e. The van der Waals surface area contributed by atoms with Crippen molar-refractivity contribution in [3.8, 4) is 0 Å². The van der Waals surface area contributed by atoms with E-state index in [1.807, 2.05) is 0 Å². The van der Waals surface area contributed by atoms with Crippen molar-refractivity contribution >= 4 is 33.5 Å². The van der Waals surface area contributed by atoms with E-state index in [-0.39, 0.29) is 28.6 Å². The molecule has 1 aromatic carbocycles. The fourth-order valence-corrected chi connectivity index (χ4v) is 5.52. The average Bonchev–Trinajstić information content (AvgIpc) is 2.68. The van der Waals surface area contributed by atoms with Crippen molar-refractivity contribution in [1.29, 1.82) is 0 Å². The standard InChI is InChI=1S/C19H27ClN2O5S/c1-4-22(5-2)28(25,26)16-13-14(9-10-15(16)20)17(23)21-19(18(24)27-3)11-7-6-8-12-19/h9-10,13H,4-8,11-12H2,1-3H3,(H,21,23). The summed E-state index contributed by atoms with van der Waals surface area (Å²) in [6, 6.07) is 4.10. The summed E-state index contributed by atoms with van der Waals surface area (Å²) in [6.07, 6.45) is 3.57. The number of hydrogen-bond donors (Lipinski definition) is 1. The van der Waals surface area contributed by atoms with Gasteiger partial charge in [0.15, 0.2) is 0 Å². The van der Waals surface area contributed by atoms with Gasteiger partial charge in [0.25, 0.3) is 5.91 Å². The zero-order chi connectivity index (χ0) is 20.9. The number of nitrogens with zero attached hydrogens (tertiary/aromatic N) is 1. The van der Waals surface area contributed by atoms with Gasteiger partial charge < -0.3 is 10.1 Å². The molecule has 1 aliphatic carbocycles. The van der Waals surface area contributed by atoms with Crippen LogP contribution >= 0.6 is 11.6 Å². The summed E-state index contributed by atoms with van der Waals surface area (Å²) in [7, 11) is -2.53. The summed E-state index contributed by atoms with van der Waals surface area (Å²) >= 11 is 6.12. The quantitative estimate of drug-likeness (QED) is 0.671. The van der Waals surface area contributed by atoms with Gasteiger partial charge in [0, 0.05) is 18.7 Å². The van der Waals surface area contributed by atoms with E-state index in [0.29, 0.717) is 12.8 Å². The Kier molecular flexibility index (Phi) is 7.47. The molecule has 0 spiro atoms. The van der Waals surface area contributed by atoms with Gasteiger partial charge in [-0.3, -0.25) is 4.79 Å². The number of benzene rings is 1. The van der Waals surface area contributed by atoms with Crippen molar-refractivity contribution in [2.45, 2.75) is 56.4 Å². The van der Waals surface area contributed by atoms with Gasteiger partial charge in [-0.15, -0.1) is 0 Å². The molecule has 0 aliphatic heterocycles. The Morgan fingerprint density at radius 1 is 1.18 bits per heavy atom. The lowest BCUT2D eigenvalue weighted by molar-refractivity contribution is -0.149. The number of ether oxygens (including phenoxy) is 1. The predicted octanol–water partition coefficient (Wildman–Crippen LogP) is 2.98. The van der Waals surface area contributed by atoms with Crippen molar-refractivity contribution in [2.75, 3.05) is 20.2 Å². The van der Waals surface area contributed by atoms with E-state index in [4.69, 9.17) is 16.3 Å². The highest BCUT2D eigenvalue weighted by atomic mass is 35.5. The second kappa shape index (κ2) is 9.24. The first-order valence-corrected chi connectivity index (χ1v) is 11.2. The monoisotopic (exact) mass is 430 g/mol. The minimum Gasteiger partial charge on any atom is -0.467 e. The molecule has 156 valence electrons. The molecule has 7 nitrogen and oxygen atoms in total. The number of halogens is 1. The molecule has 1 aromatic rings. The molecule has 9 heteroatoms. The summed E-state index contributed by atoms with van der Waals surface area (Å²) in [6.45, 7) is 4.04. The molecule has 1 N–H and O–H groups in total. The molecule has 0 atom stereocenters. The van der Waals surface area contributed by atoms with Gasteiger partial charge in [0.05, 0.1) is 12.1 Å². The van der Waals surface area contributed by atoms with Gasteiger partial charge >= 0.3 is 5.97 Å². The number of amides is 1. The van der Waals surface area contributed by atoms with Crippen LogP contribution in [0.4, 0.5) is 0 Å². The molecule has 1 saturated carbocycles. The summed E-state index contributed by atoms with van der Waals surface area (Å²) in [4.78, 5) is 25.1. The van der Waals surface area contributed by atoms with Crippen molar-refractivity contribution in [3.05, 3.63) is 28.8 Å². The second-order valence-corrected chi connectivity index (χ2v) is 9.14. The highest BCUT2D eigenvalue weighted by molar-refractivity contribution is 7.89. The number of rotatable bonds is 7. The van der Waals surface area contributed by atoms with E-state index in [1.54, 1.807) is 13.8 Å². The summed E-state index contributed by atoms with van der Waals surface area (Å²) in [5, 5.41) is 2.83. The smallest absolute Gasteiger partial charge is 0.331 e. The molecule has 0 saturated heterocycles. The fraction of sp³-hybridized carbons (Fsp3) is 0.579. The van der Waals surface area contributed by atoms with Crippen LogP contribution in [0.2, 0.25) is 5.02 Å². The van der Waals surface area contributed by atoms with E-state index in [1.165, 1.54) is 29.6 Å². The van der Waals surface area contributed by atoms with Gasteiger partial charge in [-0.25, -0.2) is 13.2 Å². The predicted molar refractivity (Wildman–Crippen MR) is 107 cm³/mol. The minimum absolute atomic E-state index is 0.0452. The maximum absolute atomic E-state index is 12.9. The van der Waals surface area contributed by atoms with Crippen LogP contribution < -0.4 is 5.32 Å². The average molecular weight is 431 g/mol. The Morgan fingerprint density at radius 3 is 2.32 bits per heavy atom. The van der Waals surface area contributed by atoms with E-state index < -0.39 is 27.4 Å². The fourth-order valence-electron chi connectivity index (χ4n) is 3.57. The van der Waals surface area contributed by atoms with Crippen LogP contribution in [0.3, 0.4) is 0 Å². The molecule has 0 heterocycles. The number of carbonyl (C=O) groups is 2. The normalized spacial score (nSPS) is 16.6. The van der Waals surface area contributed by atoms with E-state index >= 15 is 0 Å². The van der Waals surface area contributed by atoms with Crippen LogP contribution in [0.15, 0.2) is 23.1 Å². The molecule has 1 amide bonds. The third-order valence-electron chi connectivity index (χ3n) is 5.15. The molecule has 0 aromatic heterocycles. The lowest BCUT2D eigenvalue weighted by atomic mass is 9.81. The molecule has 1 aliphatic rings. The first-order chi connectivity index (χ1) is 13.2. The van der Waals surface area contributed by atoms with Gasteiger partial charge in [-0.2, -0.15) is 4.31 Å². The number of esters is 1. The number of methoxy groups -OCH3 is 1. The Labute approximate surface area is 171 Å². The molecule has 0 radical (unpaired) electrons. The van der Waals surface area contributed by atoms with Crippen LogP contribution in [0.25, 0.3) is 0 Å². The van der Waals surface area contributed by atoms with Crippen LogP contribution in [-0.4, -0.2) is 50.3 Å². The molecular weight excluding hydrogens is 404 g/mol. The number of carbonyl (C=O) groups excluding carboxylic acids is 2. The Morgan fingerprint density at radius 2 is 1.79 bits per heavy atom. The zero-order valence-corrected chi connectivity index (χ0v) is 18.0. The number of nitrogens with one attached hydrogen (secondary N) is 1. The molecule has 1 fully saturated rings. The first-order valence-electron chi connectivity index (χ1n) is 9.42. The highest BCUT2D eigenvalue weighted by Gasteiger charge is 2.42. The van der Waals surface area contributed by atoms with Crippen molar-refractivity contribution in [1.82, 2.24) is 9.62 Å². The van der Waals surface area contributed by atoms with Crippen molar-refractivity contribution < 1.29 is 22.7 Å². The third kappa shape index (κ3) is 4.50. The maximum Gasteiger partial charge on any atom is 0.331 e. The summed E-state index contributed by atoms with van der Waals surface area (Å²) in [5.41, 5.74) is -0.953. The van der Waals surface area contributed by atoms with Crippen LogP contribution in [-0.2, 0) is 19.6 Å². The zero-order valence-electron chi connectivity index (χ0n) is 16.5. The second-order valence-electron chi connectivity index (χ2n) is 6.82. The maximum atomic E-state index is 12.9. The van der Waals surface area contributed by atoms with E-state index in [2.05, 4.69) is 5.32 Å². The highest BCUT2D eigenvalue weighted by Crippen LogP contribution is 2.31. The molecule has 2 rings (SSSR count). The van der Waals surface area contributed by atoms with Gasteiger partial charge in [-0.1, -0.05) is 44.7 Å². The van der Waals surface area contributed by atoms with Gasteiger partial charge in [0.1, 0.15) is 10.4 Å². The van der Waals surface area contributed by atoms with Crippen LogP contribution in [0, 0.1) is 0 Å². The Hall–Kier alpha value is -1.64. The van der Waals surface area contributed by atoms with Gasteiger partial charge in [0.2, 0.25) is 10.0 Å². The van der Waals surface area contributed by atoms with Crippen LogP contribution in [0.5, 0.6) is 0 Å². The number of sulfonamides is 1. The lowest BCUT2D eigenvalue weighted by Crippen LogP contribution is -2.56. The Bertz CT molecular complexity index is 831. The van der Waals surface area contributed by atoms with Crippen LogP contribution in [0.1, 0.15) is 56.3 Å². The van der Waals surface area contributed by atoms with Crippen molar-refractivity contribution in [3.63, 3.8) is 0 Å². The van der Waals surface area contributed by atoms with E-state index in [0.717, 1.165) is 19.3 Å². The molecule has 0 bridgehead atoms. The molecule has 28 heavy (non-hydrogen) atoms. The summed E-state index contributed by atoms with van der Waals surface area (Å²) < 4.78 is 31.8. The molecule has 0 unspecified atom stereocenters. The third-order valence-corrected chi connectivity index (χ3v) is 7.68.